The summed E-state index contributed by atoms with van der Waals surface area (Å²) < 4.78 is 5.98. The van der Waals surface area contributed by atoms with E-state index in [2.05, 4.69) is 48.9 Å². The van der Waals surface area contributed by atoms with Gasteiger partial charge in [-0.25, -0.2) is 4.99 Å². The van der Waals surface area contributed by atoms with Gasteiger partial charge >= 0.3 is 0 Å². The van der Waals surface area contributed by atoms with Crippen LogP contribution in [0.3, 0.4) is 0 Å². The Labute approximate surface area is 190 Å². The molecule has 2 aliphatic heterocycles. The van der Waals surface area contributed by atoms with Crippen LogP contribution < -0.4 is 0 Å². The smallest absolute Gasteiger partial charge is 0.128 e. The Bertz CT molecular complexity index is 1130. The topological polar surface area (TPSA) is 61.5 Å². The Morgan fingerprint density at radius 1 is 1.16 bits per heavy atom. The van der Waals surface area contributed by atoms with Crippen molar-refractivity contribution in [1.82, 2.24) is 9.88 Å². The van der Waals surface area contributed by atoms with Crippen molar-refractivity contribution in [2.24, 2.45) is 4.99 Å². The van der Waals surface area contributed by atoms with E-state index in [1.54, 1.807) is 0 Å². The lowest BCUT2D eigenvalue weighted by atomic mass is 9.92. The first kappa shape index (κ1) is 22.0. The lowest BCUT2D eigenvalue weighted by Gasteiger charge is -2.37. The summed E-state index contributed by atoms with van der Waals surface area (Å²) in [7, 11) is 0. The molecule has 5 heteroatoms. The van der Waals surface area contributed by atoms with E-state index in [1.807, 2.05) is 43.5 Å². The number of nitrogens with zero attached hydrogens (tertiary/aromatic N) is 4. The fourth-order valence-electron chi connectivity index (χ4n) is 4.57. The van der Waals surface area contributed by atoms with Crippen LogP contribution in [-0.4, -0.2) is 40.9 Å². The zero-order valence-corrected chi connectivity index (χ0v) is 19.3. The number of hydrogen-bond donors (Lipinski definition) is 0. The highest BCUT2D eigenvalue weighted by Gasteiger charge is 2.28. The molecule has 0 amide bonds. The SMILES string of the molecule is CCC1=C(N2CC(C)OC(C)C2)N=C(c2ccccc2C#N)C(c2ccnc(C)c2)=CC1. The van der Waals surface area contributed by atoms with Crippen molar-refractivity contribution in [1.29, 1.82) is 5.26 Å². The number of benzene rings is 1. The first-order valence-electron chi connectivity index (χ1n) is 11.3. The molecule has 0 saturated carbocycles. The van der Waals surface area contributed by atoms with Crippen LogP contribution in [0.2, 0.25) is 0 Å². The highest BCUT2D eigenvalue weighted by atomic mass is 16.5. The summed E-state index contributed by atoms with van der Waals surface area (Å²) in [5.74, 6) is 1.02. The second-order valence-corrected chi connectivity index (χ2v) is 8.57. The molecule has 0 bridgehead atoms. The molecular formula is C27H30N4O. The molecule has 0 N–H and O–H groups in total. The first-order chi connectivity index (χ1) is 15.5. The molecule has 3 heterocycles. The zero-order chi connectivity index (χ0) is 22.7. The van der Waals surface area contributed by atoms with Crippen molar-refractivity contribution in [3.05, 3.63) is 82.4 Å². The van der Waals surface area contributed by atoms with Gasteiger partial charge in [0.1, 0.15) is 5.82 Å². The van der Waals surface area contributed by atoms with Gasteiger partial charge in [0.15, 0.2) is 0 Å². The maximum atomic E-state index is 9.83. The Balaban J connectivity index is 1.91. The van der Waals surface area contributed by atoms with Gasteiger partial charge in [-0.15, -0.1) is 0 Å². The van der Waals surface area contributed by atoms with E-state index in [0.29, 0.717) is 5.56 Å². The number of ether oxygens (including phenoxy) is 1. The molecule has 2 atom stereocenters. The Hall–Kier alpha value is -3.23. The number of allylic oxidation sites excluding steroid dienone is 3. The van der Waals surface area contributed by atoms with Crippen LogP contribution in [0, 0.1) is 18.3 Å². The van der Waals surface area contributed by atoms with Gasteiger partial charge in [0, 0.05) is 36.1 Å². The third-order valence-electron chi connectivity index (χ3n) is 6.00. The van der Waals surface area contributed by atoms with Crippen LogP contribution in [0.25, 0.3) is 5.57 Å². The summed E-state index contributed by atoms with van der Waals surface area (Å²) in [5.41, 5.74) is 6.72. The van der Waals surface area contributed by atoms with Gasteiger partial charge in [0.25, 0.3) is 0 Å². The Kier molecular flexibility index (Phi) is 6.53. The van der Waals surface area contributed by atoms with Gasteiger partial charge in [0.2, 0.25) is 0 Å². The molecule has 2 aromatic rings. The molecule has 0 radical (unpaired) electrons. The predicted octanol–water partition coefficient (Wildman–Crippen LogP) is 5.27. The number of nitriles is 1. The minimum atomic E-state index is 0.146. The number of aliphatic imine (C=N–C) groups is 1. The van der Waals surface area contributed by atoms with Crippen LogP contribution in [0.5, 0.6) is 0 Å². The summed E-state index contributed by atoms with van der Waals surface area (Å²) in [6, 6.07) is 14.2. The third kappa shape index (κ3) is 4.51. The zero-order valence-electron chi connectivity index (χ0n) is 19.3. The second-order valence-electron chi connectivity index (χ2n) is 8.57. The van der Waals surface area contributed by atoms with Crippen molar-refractivity contribution in [3.63, 3.8) is 0 Å². The summed E-state index contributed by atoms with van der Waals surface area (Å²) in [6.07, 6.45) is 6.14. The number of aryl methyl sites for hydroxylation is 1. The average Bonchev–Trinajstić information content (AvgIpc) is 2.98. The lowest BCUT2D eigenvalue weighted by molar-refractivity contribution is -0.0584. The van der Waals surface area contributed by atoms with E-state index in [0.717, 1.165) is 59.9 Å². The van der Waals surface area contributed by atoms with Gasteiger partial charge < -0.3 is 9.64 Å². The van der Waals surface area contributed by atoms with Gasteiger partial charge in [0.05, 0.1) is 29.6 Å². The normalized spacial score (nSPS) is 21.5. The van der Waals surface area contributed by atoms with Gasteiger partial charge in [-0.1, -0.05) is 31.2 Å². The molecular weight excluding hydrogens is 396 g/mol. The summed E-state index contributed by atoms with van der Waals surface area (Å²) in [4.78, 5) is 12.0. The van der Waals surface area contributed by atoms with E-state index in [9.17, 15) is 5.26 Å². The lowest BCUT2D eigenvalue weighted by Crippen LogP contribution is -2.45. The molecule has 4 rings (SSSR count). The maximum absolute atomic E-state index is 9.83. The number of hydrogen-bond acceptors (Lipinski definition) is 5. The molecule has 1 aromatic carbocycles. The second kappa shape index (κ2) is 9.50. The number of pyridine rings is 1. The van der Waals surface area contributed by atoms with Crippen LogP contribution in [0.4, 0.5) is 0 Å². The minimum Gasteiger partial charge on any atom is -0.372 e. The molecule has 2 aliphatic rings. The van der Waals surface area contributed by atoms with Gasteiger partial charge in [-0.2, -0.15) is 5.26 Å². The first-order valence-corrected chi connectivity index (χ1v) is 11.3. The van der Waals surface area contributed by atoms with Crippen LogP contribution >= 0.6 is 0 Å². The molecule has 1 fully saturated rings. The van der Waals surface area contributed by atoms with E-state index >= 15 is 0 Å². The predicted molar refractivity (Wildman–Crippen MR) is 128 cm³/mol. The molecule has 1 saturated heterocycles. The highest BCUT2D eigenvalue weighted by Crippen LogP contribution is 2.32. The van der Waals surface area contributed by atoms with Crippen LogP contribution in [-0.2, 0) is 4.74 Å². The third-order valence-corrected chi connectivity index (χ3v) is 6.00. The molecule has 0 aliphatic carbocycles. The summed E-state index contributed by atoms with van der Waals surface area (Å²) in [5, 5.41) is 9.83. The van der Waals surface area contributed by atoms with E-state index in [4.69, 9.17) is 9.73 Å². The van der Waals surface area contributed by atoms with Crippen molar-refractivity contribution in [2.45, 2.75) is 52.7 Å². The fraction of sp³-hybridized carbons (Fsp3) is 0.370. The summed E-state index contributed by atoms with van der Waals surface area (Å²) in [6.45, 7) is 10.0. The standard InChI is InChI=1S/C27H30N4O/c1-5-21-10-11-25(22-12-13-29-18(2)14-22)26(24-9-7-6-8-23(24)15-28)30-27(21)31-16-19(3)32-20(4)17-31/h6-9,11-14,19-20H,5,10,16-17H2,1-4H3. The van der Waals surface area contributed by atoms with Crippen molar-refractivity contribution in [2.75, 3.05) is 13.1 Å². The Morgan fingerprint density at radius 3 is 2.59 bits per heavy atom. The van der Waals surface area contributed by atoms with Crippen LogP contribution in [0.15, 0.2) is 65.1 Å². The molecule has 32 heavy (non-hydrogen) atoms. The molecule has 2 unspecified atom stereocenters. The maximum Gasteiger partial charge on any atom is 0.128 e. The van der Waals surface area contributed by atoms with Crippen molar-refractivity contribution >= 4 is 11.3 Å². The van der Waals surface area contributed by atoms with Crippen LogP contribution in [0.1, 0.15) is 56.0 Å². The minimum absolute atomic E-state index is 0.146. The monoisotopic (exact) mass is 426 g/mol. The number of aromatic nitrogens is 1. The quantitative estimate of drug-likeness (QED) is 0.668. The van der Waals surface area contributed by atoms with E-state index in [1.165, 1.54) is 5.57 Å². The van der Waals surface area contributed by atoms with Gasteiger partial charge in [-0.05, 0) is 62.9 Å². The molecule has 0 spiro atoms. The average molecular weight is 427 g/mol. The fourth-order valence-corrected chi connectivity index (χ4v) is 4.57. The largest absolute Gasteiger partial charge is 0.372 e. The highest BCUT2D eigenvalue weighted by molar-refractivity contribution is 6.33. The Morgan fingerprint density at radius 2 is 1.91 bits per heavy atom. The van der Waals surface area contributed by atoms with Gasteiger partial charge in [-0.3, -0.25) is 4.98 Å². The van der Waals surface area contributed by atoms with Crippen molar-refractivity contribution in [3.8, 4) is 6.07 Å². The molecule has 5 nitrogen and oxygen atoms in total. The van der Waals surface area contributed by atoms with Crippen molar-refractivity contribution < 1.29 is 4.74 Å². The number of rotatable bonds is 4. The number of morpholine rings is 1. The molecule has 1 aromatic heterocycles. The van der Waals surface area contributed by atoms with E-state index < -0.39 is 0 Å². The summed E-state index contributed by atoms with van der Waals surface area (Å²) >= 11 is 0. The van der Waals surface area contributed by atoms with E-state index in [-0.39, 0.29) is 12.2 Å². The molecule has 164 valence electrons.